The first-order chi connectivity index (χ1) is 17.4. The van der Waals surface area contributed by atoms with E-state index in [4.69, 9.17) is 0 Å². The number of benzene rings is 1. The highest BCUT2D eigenvalue weighted by atomic mass is 14.1. The van der Waals surface area contributed by atoms with Crippen LogP contribution in [0, 0.1) is 0 Å². The Morgan fingerprint density at radius 2 is 1.00 bits per heavy atom. The van der Waals surface area contributed by atoms with Crippen LogP contribution in [0.1, 0.15) is 79.4 Å². The van der Waals surface area contributed by atoms with Crippen molar-refractivity contribution in [2.24, 2.45) is 0 Å². The second-order valence-electron chi connectivity index (χ2n) is 6.59. The first-order valence-electron chi connectivity index (χ1n) is 13.3. The molecule has 0 saturated heterocycles. The molecule has 184 valence electrons. The highest BCUT2D eigenvalue weighted by molar-refractivity contribution is 5.59. The maximum absolute atomic E-state index is 3.06. The third-order valence-corrected chi connectivity index (χ3v) is 4.76. The molecule has 0 heteroatoms. The zero-order chi connectivity index (χ0) is 26.3. The normalized spacial score (nSPS) is 14.3. The van der Waals surface area contributed by atoms with Crippen molar-refractivity contribution in [3.63, 3.8) is 0 Å². The van der Waals surface area contributed by atoms with E-state index in [9.17, 15) is 0 Å². The van der Waals surface area contributed by atoms with Crippen molar-refractivity contribution >= 4 is 6.08 Å². The van der Waals surface area contributed by atoms with Crippen LogP contribution in [0.25, 0.3) is 6.08 Å². The lowest BCUT2D eigenvalue weighted by molar-refractivity contribution is 1.31. The molecule has 0 aliphatic heterocycles. The van der Waals surface area contributed by atoms with Crippen molar-refractivity contribution < 1.29 is 0 Å². The van der Waals surface area contributed by atoms with Gasteiger partial charge >= 0.3 is 0 Å². The highest BCUT2D eigenvalue weighted by Gasteiger charge is 2.06. The molecule has 0 fully saturated rings. The van der Waals surface area contributed by atoms with E-state index in [1.807, 2.05) is 67.5 Å². The largest absolute Gasteiger partial charge is 0.0795 e. The Hall–Kier alpha value is -3.48. The molecular formula is C35H44. The molecule has 5 aliphatic carbocycles. The summed E-state index contributed by atoms with van der Waals surface area (Å²) in [6.45, 7) is 16.0. The smallest absolute Gasteiger partial charge is 0.0134 e. The Morgan fingerprint density at radius 1 is 0.543 bits per heavy atom. The van der Waals surface area contributed by atoms with Gasteiger partial charge in [0, 0.05) is 11.1 Å². The molecule has 0 aromatic heterocycles. The van der Waals surface area contributed by atoms with Crippen LogP contribution in [-0.2, 0) is 6.42 Å². The number of allylic oxidation sites excluding steroid dienone is 13. The molecule has 0 nitrogen and oxygen atoms in total. The average Bonchev–Trinajstić information content (AvgIpc) is 3.74. The summed E-state index contributed by atoms with van der Waals surface area (Å²) in [5, 5.41) is 0. The van der Waals surface area contributed by atoms with Crippen LogP contribution in [0.2, 0.25) is 0 Å². The summed E-state index contributed by atoms with van der Waals surface area (Å²) in [6.07, 6.45) is 24.0. The van der Waals surface area contributed by atoms with Crippen LogP contribution in [-0.4, -0.2) is 0 Å². The van der Waals surface area contributed by atoms with Crippen LogP contribution < -0.4 is 0 Å². The van der Waals surface area contributed by atoms with Gasteiger partial charge in [-0.15, -0.1) is 0 Å². The van der Waals surface area contributed by atoms with E-state index in [0.29, 0.717) is 0 Å². The fraction of sp³-hybridized carbons (Fsp3) is 0.314. The standard InChI is InChI=1S/C9H8.2C9H6.4C2H6/c3*1-2-5-9-7-3-6-8(9)4-1;4*1-2/h1-6H,7H2;2*1,3-4,6H,7H2;4*1-2H3. The molecule has 35 heavy (non-hydrogen) atoms. The minimum absolute atomic E-state index is 1.03. The van der Waals surface area contributed by atoms with E-state index in [2.05, 4.69) is 95.8 Å². The first-order valence-corrected chi connectivity index (χ1v) is 13.3. The second kappa shape index (κ2) is 21.1. The maximum atomic E-state index is 3.06. The molecule has 0 unspecified atom stereocenters. The Balaban J connectivity index is 0.000000434. The molecule has 0 saturated carbocycles. The van der Waals surface area contributed by atoms with E-state index < -0.39 is 0 Å². The summed E-state index contributed by atoms with van der Waals surface area (Å²) in [5.41, 5.74) is 20.0. The van der Waals surface area contributed by atoms with Crippen molar-refractivity contribution in [3.05, 3.63) is 135 Å². The zero-order valence-electron chi connectivity index (χ0n) is 23.2. The predicted molar refractivity (Wildman–Crippen MR) is 158 cm³/mol. The van der Waals surface area contributed by atoms with Gasteiger partial charge in [-0.25, -0.2) is 0 Å². The predicted octanol–water partition coefficient (Wildman–Crippen LogP) is 10.6. The maximum Gasteiger partial charge on any atom is 0.0134 e. The van der Waals surface area contributed by atoms with Crippen molar-refractivity contribution in [1.82, 2.24) is 0 Å². The summed E-state index contributed by atoms with van der Waals surface area (Å²) < 4.78 is 0. The summed E-state index contributed by atoms with van der Waals surface area (Å²) in [7, 11) is 0. The van der Waals surface area contributed by atoms with Crippen LogP contribution in [0.15, 0.2) is 124 Å². The van der Waals surface area contributed by atoms with E-state index in [0.717, 1.165) is 19.3 Å². The monoisotopic (exact) mass is 464 g/mol. The van der Waals surface area contributed by atoms with Crippen LogP contribution >= 0.6 is 0 Å². The van der Waals surface area contributed by atoms with E-state index in [-0.39, 0.29) is 0 Å². The van der Waals surface area contributed by atoms with Gasteiger partial charge in [0.05, 0.1) is 0 Å². The minimum atomic E-state index is 1.03. The molecule has 5 aliphatic rings. The molecule has 0 N–H and O–H groups in total. The fourth-order valence-electron chi connectivity index (χ4n) is 3.32. The fourth-order valence-corrected chi connectivity index (χ4v) is 3.32. The molecule has 0 radical (unpaired) electrons. The molecule has 0 amide bonds. The van der Waals surface area contributed by atoms with Crippen LogP contribution in [0.3, 0.4) is 0 Å². The molecule has 1 aromatic rings. The summed E-state index contributed by atoms with van der Waals surface area (Å²) >= 11 is 0. The third-order valence-electron chi connectivity index (χ3n) is 4.76. The second-order valence-corrected chi connectivity index (χ2v) is 6.59. The molecule has 6 rings (SSSR count). The Labute approximate surface area is 215 Å². The van der Waals surface area contributed by atoms with Crippen molar-refractivity contribution in [3.8, 4) is 0 Å². The highest BCUT2D eigenvalue weighted by Crippen LogP contribution is 2.24. The van der Waals surface area contributed by atoms with E-state index >= 15 is 0 Å². The Kier molecular flexibility index (Phi) is 19.0. The van der Waals surface area contributed by atoms with Gasteiger partial charge < -0.3 is 0 Å². The average molecular weight is 465 g/mol. The molecule has 0 spiro atoms. The lowest BCUT2D eigenvalue weighted by atomic mass is 10.1. The summed E-state index contributed by atoms with van der Waals surface area (Å²) in [4.78, 5) is 0. The lowest BCUT2D eigenvalue weighted by Crippen LogP contribution is -1.76. The van der Waals surface area contributed by atoms with Gasteiger partial charge in [0.25, 0.3) is 0 Å². The topological polar surface area (TPSA) is 0 Å². The van der Waals surface area contributed by atoms with Crippen molar-refractivity contribution in [2.45, 2.75) is 74.7 Å². The van der Waals surface area contributed by atoms with E-state index in [1.165, 1.54) is 33.4 Å². The van der Waals surface area contributed by atoms with Gasteiger partial charge in [-0.2, -0.15) is 0 Å². The van der Waals surface area contributed by atoms with Crippen LogP contribution in [0.4, 0.5) is 0 Å². The van der Waals surface area contributed by atoms with Crippen molar-refractivity contribution in [1.29, 1.82) is 0 Å². The molecule has 1 aromatic carbocycles. The number of hydrogen-bond donors (Lipinski definition) is 0. The first kappa shape index (κ1) is 31.5. The molecular weight excluding hydrogens is 420 g/mol. The van der Waals surface area contributed by atoms with Gasteiger partial charge in [0.2, 0.25) is 0 Å². The van der Waals surface area contributed by atoms with Gasteiger partial charge in [-0.05, 0) is 65.8 Å². The third kappa shape index (κ3) is 11.0. The van der Waals surface area contributed by atoms with Gasteiger partial charge in [-0.1, -0.05) is 139 Å². The van der Waals surface area contributed by atoms with E-state index in [1.54, 1.807) is 0 Å². The lowest BCUT2D eigenvalue weighted by Gasteiger charge is -1.93. The van der Waals surface area contributed by atoms with Gasteiger partial charge in [0.1, 0.15) is 0 Å². The minimum Gasteiger partial charge on any atom is -0.0795 e. The molecule has 0 atom stereocenters. The quantitative estimate of drug-likeness (QED) is 0.335. The van der Waals surface area contributed by atoms with Crippen molar-refractivity contribution in [2.75, 3.05) is 0 Å². The Bertz CT molecular complexity index is 1050. The SMILES string of the molecule is C1=C=C2CC=CC2=CC=1.C1=C=C2CC=CC2=CC=1.C1=Cc2ccccc2C1.CC.CC.CC.CC. The number of rotatable bonds is 0. The number of fused-ring (bicyclic) bond motifs is 3. The van der Waals surface area contributed by atoms with Gasteiger partial charge in [-0.3, -0.25) is 0 Å². The molecule has 0 bridgehead atoms. The number of hydrogen-bond acceptors (Lipinski definition) is 0. The van der Waals surface area contributed by atoms with Gasteiger partial charge in [0.15, 0.2) is 0 Å². The molecule has 0 heterocycles. The van der Waals surface area contributed by atoms with Crippen LogP contribution in [0.5, 0.6) is 0 Å². The Morgan fingerprint density at radius 3 is 1.46 bits per heavy atom. The zero-order valence-corrected chi connectivity index (χ0v) is 23.2. The summed E-state index contributed by atoms with van der Waals surface area (Å²) in [5.74, 6) is 0. The summed E-state index contributed by atoms with van der Waals surface area (Å²) in [6, 6.07) is 8.49.